The molecule has 1 aromatic heterocycles. The second-order valence-corrected chi connectivity index (χ2v) is 4.95. The highest BCUT2D eigenvalue weighted by Crippen LogP contribution is 2.26. The van der Waals surface area contributed by atoms with Crippen molar-refractivity contribution in [2.45, 2.75) is 46.1 Å². The van der Waals surface area contributed by atoms with Gasteiger partial charge in [0.05, 0.1) is 16.9 Å². The van der Waals surface area contributed by atoms with E-state index in [0.29, 0.717) is 17.8 Å². The van der Waals surface area contributed by atoms with Crippen LogP contribution in [0.2, 0.25) is 0 Å². The molecule has 0 saturated heterocycles. The van der Waals surface area contributed by atoms with Gasteiger partial charge in [-0.05, 0) is 32.8 Å². The summed E-state index contributed by atoms with van der Waals surface area (Å²) in [5, 5.41) is 3.41. The van der Waals surface area contributed by atoms with Crippen LogP contribution in [0.25, 0.3) is 0 Å². The van der Waals surface area contributed by atoms with Gasteiger partial charge in [-0.1, -0.05) is 13.8 Å². The van der Waals surface area contributed by atoms with Crippen LogP contribution in [0.15, 0.2) is 6.07 Å². The van der Waals surface area contributed by atoms with Gasteiger partial charge in [-0.25, -0.2) is 0 Å². The number of primary amides is 1. The minimum absolute atomic E-state index is 0.218. The molecular weight excluding hydrogens is 240 g/mol. The maximum Gasteiger partial charge on any atom is 0.252 e. The summed E-state index contributed by atoms with van der Waals surface area (Å²) in [7, 11) is 0. The summed E-state index contributed by atoms with van der Waals surface area (Å²) in [4.78, 5) is 15.9. The van der Waals surface area contributed by atoms with Crippen molar-refractivity contribution in [3.05, 3.63) is 23.0 Å². The van der Waals surface area contributed by atoms with Crippen molar-refractivity contribution in [3.63, 3.8) is 0 Å². The smallest absolute Gasteiger partial charge is 0.252 e. The largest absolute Gasteiger partial charge is 0.378 e. The van der Waals surface area contributed by atoms with E-state index in [4.69, 9.17) is 11.5 Å². The molecule has 0 aliphatic carbocycles. The average Bonchev–Trinajstić information content (AvgIpc) is 2.34. The van der Waals surface area contributed by atoms with Crippen molar-refractivity contribution in [2.75, 3.05) is 11.9 Å². The average molecular weight is 264 g/mol. The molecule has 0 aliphatic heterocycles. The van der Waals surface area contributed by atoms with E-state index in [-0.39, 0.29) is 5.54 Å². The van der Waals surface area contributed by atoms with Gasteiger partial charge in [-0.3, -0.25) is 9.78 Å². The zero-order valence-electron chi connectivity index (χ0n) is 12.2. The van der Waals surface area contributed by atoms with Gasteiger partial charge in [0.15, 0.2) is 0 Å². The summed E-state index contributed by atoms with van der Waals surface area (Å²) in [5.74, 6) is -0.467. The third-order valence-corrected chi connectivity index (χ3v) is 3.72. The fraction of sp³-hybridized carbons (Fsp3) is 0.571. The molecule has 0 saturated carbocycles. The van der Waals surface area contributed by atoms with Crippen LogP contribution in [0.4, 0.5) is 5.69 Å². The van der Waals surface area contributed by atoms with Crippen molar-refractivity contribution in [1.82, 2.24) is 4.98 Å². The molecule has 1 rings (SSSR count). The lowest BCUT2D eigenvalue weighted by Gasteiger charge is -2.33. The molecule has 0 atom stereocenters. The summed E-state index contributed by atoms with van der Waals surface area (Å²) in [5.41, 5.74) is 13.8. The number of nitrogens with zero attached hydrogens (tertiary/aromatic N) is 1. The zero-order valence-corrected chi connectivity index (χ0v) is 12.2. The Balaban J connectivity index is 3.30. The first-order valence-electron chi connectivity index (χ1n) is 6.65. The topological polar surface area (TPSA) is 94.0 Å². The first-order valence-corrected chi connectivity index (χ1v) is 6.65. The lowest BCUT2D eigenvalue weighted by Crippen LogP contribution is -2.45. The SMILES string of the molecule is CCC(CC)(CN)Nc1cc(C)nc(C)c1C(N)=O. The van der Waals surface area contributed by atoms with Crippen LogP contribution in [-0.4, -0.2) is 23.0 Å². The molecule has 0 bridgehead atoms. The Hall–Kier alpha value is -1.62. The molecule has 0 spiro atoms. The molecule has 5 heteroatoms. The van der Waals surface area contributed by atoms with E-state index < -0.39 is 5.91 Å². The van der Waals surface area contributed by atoms with Crippen LogP contribution < -0.4 is 16.8 Å². The van der Waals surface area contributed by atoms with E-state index in [1.54, 1.807) is 6.92 Å². The van der Waals surface area contributed by atoms with Gasteiger partial charge in [-0.2, -0.15) is 0 Å². The second kappa shape index (κ2) is 6.02. The number of pyridine rings is 1. The third-order valence-electron chi connectivity index (χ3n) is 3.72. The highest BCUT2D eigenvalue weighted by Gasteiger charge is 2.26. The van der Waals surface area contributed by atoms with E-state index >= 15 is 0 Å². The van der Waals surface area contributed by atoms with Gasteiger partial charge < -0.3 is 16.8 Å². The minimum Gasteiger partial charge on any atom is -0.378 e. The fourth-order valence-corrected chi connectivity index (χ4v) is 2.29. The Morgan fingerprint density at radius 3 is 2.37 bits per heavy atom. The quantitative estimate of drug-likeness (QED) is 0.729. The summed E-state index contributed by atoms with van der Waals surface area (Å²) < 4.78 is 0. The number of nitrogens with two attached hydrogens (primary N) is 2. The molecule has 19 heavy (non-hydrogen) atoms. The molecule has 1 amide bonds. The van der Waals surface area contributed by atoms with Crippen LogP contribution in [-0.2, 0) is 0 Å². The number of aromatic nitrogens is 1. The van der Waals surface area contributed by atoms with Crippen molar-refractivity contribution >= 4 is 11.6 Å². The molecule has 1 aromatic rings. The maximum absolute atomic E-state index is 11.6. The number of carbonyl (C=O) groups excluding carboxylic acids is 1. The molecule has 106 valence electrons. The van der Waals surface area contributed by atoms with Crippen LogP contribution >= 0.6 is 0 Å². The van der Waals surface area contributed by atoms with E-state index in [2.05, 4.69) is 24.1 Å². The third kappa shape index (κ3) is 3.23. The van der Waals surface area contributed by atoms with Gasteiger partial charge in [0, 0.05) is 17.8 Å². The lowest BCUT2D eigenvalue weighted by molar-refractivity contribution is 0.1000. The van der Waals surface area contributed by atoms with Gasteiger partial charge in [0.1, 0.15) is 0 Å². The number of rotatable bonds is 6. The summed E-state index contributed by atoms with van der Waals surface area (Å²) in [6.45, 7) is 8.34. The lowest BCUT2D eigenvalue weighted by atomic mass is 9.92. The monoisotopic (exact) mass is 264 g/mol. The Morgan fingerprint density at radius 1 is 1.37 bits per heavy atom. The van der Waals surface area contributed by atoms with Gasteiger partial charge in [-0.15, -0.1) is 0 Å². The normalized spacial score (nSPS) is 11.4. The van der Waals surface area contributed by atoms with Gasteiger partial charge in [0.25, 0.3) is 5.91 Å². The Bertz CT molecular complexity index is 458. The van der Waals surface area contributed by atoms with E-state index in [9.17, 15) is 4.79 Å². The minimum atomic E-state index is -0.467. The zero-order chi connectivity index (χ0) is 14.6. The number of carbonyl (C=O) groups is 1. The number of hydrogen-bond acceptors (Lipinski definition) is 4. The van der Waals surface area contributed by atoms with E-state index in [1.807, 2.05) is 13.0 Å². The van der Waals surface area contributed by atoms with Crippen LogP contribution in [0.1, 0.15) is 48.4 Å². The standard InChI is InChI=1S/C14H24N4O/c1-5-14(6-2,8-15)18-11-7-9(3)17-10(4)12(11)13(16)19/h7H,5-6,8,15H2,1-4H3,(H2,16,19)(H,17,18). The molecule has 0 radical (unpaired) electrons. The Labute approximate surface area is 114 Å². The number of hydrogen-bond donors (Lipinski definition) is 3. The number of amides is 1. The molecule has 0 fully saturated rings. The van der Waals surface area contributed by atoms with Gasteiger partial charge >= 0.3 is 0 Å². The van der Waals surface area contributed by atoms with Crippen LogP contribution in [0.5, 0.6) is 0 Å². The number of nitrogens with one attached hydrogen (secondary N) is 1. The molecule has 0 aromatic carbocycles. The van der Waals surface area contributed by atoms with Gasteiger partial charge in [0.2, 0.25) is 0 Å². The molecule has 0 unspecified atom stereocenters. The van der Waals surface area contributed by atoms with Crippen molar-refractivity contribution in [1.29, 1.82) is 0 Å². The van der Waals surface area contributed by atoms with E-state index in [0.717, 1.165) is 24.2 Å². The first-order chi connectivity index (χ1) is 8.89. The maximum atomic E-state index is 11.6. The second-order valence-electron chi connectivity index (χ2n) is 4.95. The molecule has 1 heterocycles. The van der Waals surface area contributed by atoms with Crippen molar-refractivity contribution in [2.24, 2.45) is 11.5 Å². The molecule has 5 nitrogen and oxygen atoms in total. The Morgan fingerprint density at radius 2 is 1.95 bits per heavy atom. The fourth-order valence-electron chi connectivity index (χ4n) is 2.29. The molecule has 5 N–H and O–H groups in total. The highest BCUT2D eigenvalue weighted by atomic mass is 16.1. The summed E-state index contributed by atoms with van der Waals surface area (Å²) >= 11 is 0. The number of anilines is 1. The Kier molecular flexibility index (Phi) is 4.89. The predicted octanol–water partition coefficient (Wildman–Crippen LogP) is 1.73. The van der Waals surface area contributed by atoms with Crippen molar-refractivity contribution < 1.29 is 4.79 Å². The van der Waals surface area contributed by atoms with Crippen molar-refractivity contribution in [3.8, 4) is 0 Å². The predicted molar refractivity (Wildman–Crippen MR) is 78.2 cm³/mol. The summed E-state index contributed by atoms with van der Waals surface area (Å²) in [6, 6.07) is 1.85. The number of aryl methyl sites for hydroxylation is 2. The van der Waals surface area contributed by atoms with Crippen LogP contribution in [0, 0.1) is 13.8 Å². The highest BCUT2D eigenvalue weighted by molar-refractivity contribution is 5.99. The summed E-state index contributed by atoms with van der Waals surface area (Å²) in [6.07, 6.45) is 1.75. The first kappa shape index (κ1) is 15.4. The van der Waals surface area contributed by atoms with Crippen LogP contribution in [0.3, 0.4) is 0 Å². The molecule has 0 aliphatic rings. The molecular formula is C14H24N4O. The van der Waals surface area contributed by atoms with E-state index in [1.165, 1.54) is 0 Å².